The van der Waals surface area contributed by atoms with Crippen molar-refractivity contribution in [3.8, 4) is 0 Å². The molecule has 0 aliphatic carbocycles. The maximum atomic E-state index is 12.9. The molecule has 0 unspecified atom stereocenters. The molecule has 1 amide bonds. The number of anilines is 1. The zero-order valence-electron chi connectivity index (χ0n) is 12.9. The molecule has 23 heavy (non-hydrogen) atoms. The third-order valence-electron chi connectivity index (χ3n) is 4.37. The summed E-state index contributed by atoms with van der Waals surface area (Å²) >= 11 is 0. The topological polar surface area (TPSA) is 51.0 Å². The number of hydrogen-bond acceptors (Lipinski definition) is 3. The Balaban J connectivity index is 1.64. The minimum atomic E-state index is 0.0648. The van der Waals surface area contributed by atoms with Gasteiger partial charge in [0.1, 0.15) is 12.1 Å². The first-order valence-corrected chi connectivity index (χ1v) is 7.99. The van der Waals surface area contributed by atoms with Crippen molar-refractivity contribution < 1.29 is 4.79 Å². The summed E-state index contributed by atoms with van der Waals surface area (Å²) in [6.07, 6.45) is 3.18. The first kappa shape index (κ1) is 13.9. The molecule has 0 saturated carbocycles. The van der Waals surface area contributed by atoms with Crippen LogP contribution in [0.1, 0.15) is 18.4 Å². The minimum absolute atomic E-state index is 0.0648. The van der Waals surface area contributed by atoms with Gasteiger partial charge in [0.15, 0.2) is 0 Å². The van der Waals surface area contributed by atoms with Crippen LogP contribution >= 0.6 is 0 Å². The van der Waals surface area contributed by atoms with E-state index in [1.807, 2.05) is 47.4 Å². The second kappa shape index (κ2) is 5.83. The lowest BCUT2D eigenvalue weighted by Gasteiger charge is -2.22. The normalized spacial score (nSPS) is 14.5. The SMILES string of the molecule is O=C(Cn1nnc2ccccc21)N1CCCCc2ccccc21. The van der Waals surface area contributed by atoms with Crippen molar-refractivity contribution in [3.63, 3.8) is 0 Å². The second-order valence-corrected chi connectivity index (χ2v) is 5.87. The molecule has 2 aromatic carbocycles. The van der Waals surface area contributed by atoms with E-state index in [4.69, 9.17) is 0 Å². The zero-order valence-corrected chi connectivity index (χ0v) is 12.9. The van der Waals surface area contributed by atoms with Gasteiger partial charge in [-0.15, -0.1) is 5.10 Å². The van der Waals surface area contributed by atoms with Crippen molar-refractivity contribution in [3.05, 3.63) is 54.1 Å². The van der Waals surface area contributed by atoms with Gasteiger partial charge < -0.3 is 4.90 Å². The van der Waals surface area contributed by atoms with Crippen molar-refractivity contribution in [2.24, 2.45) is 0 Å². The van der Waals surface area contributed by atoms with E-state index in [2.05, 4.69) is 16.4 Å². The number of aryl methyl sites for hydroxylation is 1. The van der Waals surface area contributed by atoms with Crippen molar-refractivity contribution in [1.82, 2.24) is 15.0 Å². The minimum Gasteiger partial charge on any atom is -0.311 e. The smallest absolute Gasteiger partial charge is 0.248 e. The van der Waals surface area contributed by atoms with Gasteiger partial charge in [-0.1, -0.05) is 35.5 Å². The summed E-state index contributed by atoms with van der Waals surface area (Å²) in [4.78, 5) is 14.8. The van der Waals surface area contributed by atoms with Crippen LogP contribution in [0, 0.1) is 0 Å². The van der Waals surface area contributed by atoms with E-state index in [1.165, 1.54) is 5.56 Å². The predicted molar refractivity (Wildman–Crippen MR) is 89.3 cm³/mol. The molecule has 1 aliphatic heterocycles. The Morgan fingerprint density at radius 3 is 2.83 bits per heavy atom. The Labute approximate surface area is 134 Å². The number of carbonyl (C=O) groups excluding carboxylic acids is 1. The summed E-state index contributed by atoms with van der Waals surface area (Å²) in [7, 11) is 0. The van der Waals surface area contributed by atoms with E-state index in [-0.39, 0.29) is 12.5 Å². The maximum Gasteiger partial charge on any atom is 0.248 e. The molecule has 5 heteroatoms. The quantitative estimate of drug-likeness (QED) is 0.731. The van der Waals surface area contributed by atoms with Gasteiger partial charge >= 0.3 is 0 Å². The van der Waals surface area contributed by atoms with Crippen molar-refractivity contribution in [2.45, 2.75) is 25.8 Å². The lowest BCUT2D eigenvalue weighted by Crippen LogP contribution is -2.34. The number of benzene rings is 2. The van der Waals surface area contributed by atoms with Crippen LogP contribution in [0.3, 0.4) is 0 Å². The number of carbonyl (C=O) groups is 1. The molecular weight excluding hydrogens is 288 g/mol. The van der Waals surface area contributed by atoms with E-state index in [0.29, 0.717) is 0 Å². The molecule has 1 aromatic heterocycles. The molecule has 0 bridgehead atoms. The highest BCUT2D eigenvalue weighted by atomic mass is 16.2. The van der Waals surface area contributed by atoms with Crippen molar-refractivity contribution in [2.75, 3.05) is 11.4 Å². The average Bonchev–Trinajstić information content (AvgIpc) is 2.86. The molecule has 4 rings (SSSR count). The van der Waals surface area contributed by atoms with Crippen LogP contribution < -0.4 is 4.90 Å². The molecular formula is C18H18N4O. The number of aromatic nitrogens is 3. The van der Waals surface area contributed by atoms with Crippen LogP contribution in [0.25, 0.3) is 11.0 Å². The molecule has 0 atom stereocenters. The van der Waals surface area contributed by atoms with Crippen LogP contribution in [-0.2, 0) is 17.8 Å². The molecule has 0 spiro atoms. The number of rotatable bonds is 2. The highest BCUT2D eigenvalue weighted by molar-refractivity contribution is 5.94. The Morgan fingerprint density at radius 2 is 1.87 bits per heavy atom. The molecule has 0 saturated heterocycles. The van der Waals surface area contributed by atoms with E-state index in [1.54, 1.807) is 4.68 Å². The maximum absolute atomic E-state index is 12.9. The molecule has 116 valence electrons. The highest BCUT2D eigenvalue weighted by Crippen LogP contribution is 2.26. The summed E-state index contributed by atoms with van der Waals surface area (Å²) < 4.78 is 1.69. The van der Waals surface area contributed by atoms with Gasteiger partial charge in [0.2, 0.25) is 5.91 Å². The fourth-order valence-corrected chi connectivity index (χ4v) is 3.20. The summed E-state index contributed by atoms with van der Waals surface area (Å²) in [6, 6.07) is 15.9. The first-order chi connectivity index (χ1) is 11.3. The average molecular weight is 306 g/mol. The Kier molecular flexibility index (Phi) is 3.54. The first-order valence-electron chi connectivity index (χ1n) is 7.99. The fraction of sp³-hybridized carbons (Fsp3) is 0.278. The van der Waals surface area contributed by atoms with Gasteiger partial charge in [0.05, 0.1) is 5.52 Å². The lowest BCUT2D eigenvalue weighted by atomic mass is 10.1. The molecule has 2 heterocycles. The largest absolute Gasteiger partial charge is 0.311 e. The Morgan fingerprint density at radius 1 is 1.04 bits per heavy atom. The van der Waals surface area contributed by atoms with E-state index < -0.39 is 0 Å². The summed E-state index contributed by atoms with van der Waals surface area (Å²) in [5, 5.41) is 8.25. The zero-order chi connectivity index (χ0) is 15.6. The van der Waals surface area contributed by atoms with Crippen molar-refractivity contribution in [1.29, 1.82) is 0 Å². The van der Waals surface area contributed by atoms with Crippen molar-refractivity contribution >= 4 is 22.6 Å². The molecule has 0 radical (unpaired) electrons. The summed E-state index contributed by atoms with van der Waals surface area (Å²) in [5.41, 5.74) is 4.00. The number of para-hydroxylation sites is 2. The highest BCUT2D eigenvalue weighted by Gasteiger charge is 2.21. The molecule has 0 fully saturated rings. The van der Waals surface area contributed by atoms with Gasteiger partial charge in [0.25, 0.3) is 0 Å². The molecule has 5 nitrogen and oxygen atoms in total. The van der Waals surface area contributed by atoms with E-state index in [9.17, 15) is 4.79 Å². The van der Waals surface area contributed by atoms with Gasteiger partial charge in [-0.2, -0.15) is 0 Å². The number of nitrogens with zero attached hydrogens (tertiary/aromatic N) is 4. The van der Waals surface area contributed by atoms with Gasteiger partial charge in [-0.05, 0) is 43.0 Å². The van der Waals surface area contributed by atoms with Gasteiger partial charge in [-0.3, -0.25) is 4.79 Å². The van der Waals surface area contributed by atoms with E-state index in [0.717, 1.165) is 42.5 Å². The Bertz CT molecular complexity index is 855. The molecule has 3 aromatic rings. The van der Waals surface area contributed by atoms with Gasteiger partial charge in [0, 0.05) is 12.2 Å². The third kappa shape index (κ3) is 2.59. The summed E-state index contributed by atoms with van der Waals surface area (Å²) in [5.74, 6) is 0.0648. The Hall–Kier alpha value is -2.69. The molecule has 0 N–H and O–H groups in total. The van der Waals surface area contributed by atoms with Crippen LogP contribution in [0.5, 0.6) is 0 Å². The van der Waals surface area contributed by atoms with Gasteiger partial charge in [-0.25, -0.2) is 4.68 Å². The summed E-state index contributed by atoms with van der Waals surface area (Å²) in [6.45, 7) is 0.983. The number of fused-ring (bicyclic) bond motifs is 2. The predicted octanol–water partition coefficient (Wildman–Crippen LogP) is 2.80. The second-order valence-electron chi connectivity index (χ2n) is 5.87. The monoisotopic (exact) mass is 306 g/mol. The van der Waals surface area contributed by atoms with E-state index >= 15 is 0 Å². The van der Waals surface area contributed by atoms with Crippen LogP contribution in [-0.4, -0.2) is 27.4 Å². The lowest BCUT2D eigenvalue weighted by molar-refractivity contribution is -0.119. The third-order valence-corrected chi connectivity index (χ3v) is 4.37. The number of hydrogen-bond donors (Lipinski definition) is 0. The number of amides is 1. The molecule has 1 aliphatic rings. The van der Waals surface area contributed by atoms with Crippen LogP contribution in [0.4, 0.5) is 5.69 Å². The standard InChI is InChI=1S/C18H18N4O/c23-18(13-22-17-11-4-2-9-15(17)19-20-22)21-12-6-5-8-14-7-1-3-10-16(14)21/h1-4,7,9-11H,5-6,8,12-13H2. The fourth-order valence-electron chi connectivity index (χ4n) is 3.20. The van der Waals surface area contributed by atoms with Crippen LogP contribution in [0.2, 0.25) is 0 Å². The van der Waals surface area contributed by atoms with Crippen LogP contribution in [0.15, 0.2) is 48.5 Å².